The smallest absolute Gasteiger partial charge is 0.248 e. The normalized spacial score (nSPS) is 16.6. The van der Waals surface area contributed by atoms with E-state index in [4.69, 9.17) is 5.73 Å². The molecule has 1 aliphatic heterocycles. The number of nitrogens with zero attached hydrogens (tertiary/aromatic N) is 1. The molecule has 2 amide bonds. The number of rotatable bonds is 5. The van der Waals surface area contributed by atoms with Gasteiger partial charge in [0.15, 0.2) is 0 Å². The largest absolute Gasteiger partial charge is 0.366 e. The molecule has 2 heterocycles. The van der Waals surface area contributed by atoms with Crippen LogP contribution in [0.1, 0.15) is 33.6 Å². The topological polar surface area (TPSA) is 79.2 Å². The van der Waals surface area contributed by atoms with Crippen molar-refractivity contribution in [1.29, 1.82) is 0 Å². The lowest BCUT2D eigenvalue weighted by Crippen LogP contribution is -2.30. The van der Waals surface area contributed by atoms with Crippen LogP contribution in [-0.2, 0) is 17.6 Å². The minimum Gasteiger partial charge on any atom is -0.366 e. The first-order chi connectivity index (χ1) is 13.5. The molecule has 1 saturated heterocycles. The predicted octanol–water partition coefficient (Wildman–Crippen LogP) is 3.21. The van der Waals surface area contributed by atoms with Gasteiger partial charge in [-0.05, 0) is 55.0 Å². The molecule has 5 heteroatoms. The van der Waals surface area contributed by atoms with Crippen molar-refractivity contribution >= 4 is 22.7 Å². The Kier molecular flexibility index (Phi) is 4.90. The number of nitrogens with one attached hydrogen (secondary N) is 1. The van der Waals surface area contributed by atoms with E-state index in [-0.39, 0.29) is 5.91 Å². The monoisotopic (exact) mass is 375 g/mol. The molecule has 0 bridgehead atoms. The molecule has 2 aromatic carbocycles. The van der Waals surface area contributed by atoms with E-state index >= 15 is 0 Å². The zero-order chi connectivity index (χ0) is 19.7. The summed E-state index contributed by atoms with van der Waals surface area (Å²) < 4.78 is 0. The number of likely N-dealkylation sites (tertiary alicyclic amines) is 1. The molecule has 4 rings (SSSR count). The molecule has 1 fully saturated rings. The van der Waals surface area contributed by atoms with E-state index in [1.165, 1.54) is 0 Å². The lowest BCUT2D eigenvalue weighted by atomic mass is 9.97. The standard InChI is InChI=1S/C23H25N3O2/c1-15-20(19-7-2-3-8-21(19)25-15)13-22(27)26-10-9-17(14-26)11-16-5-4-6-18(12-16)23(24)28/h2-8,12,17,25H,9-11,13-14H2,1H3,(H2,24,28)/t17-/m1/s1. The quantitative estimate of drug-likeness (QED) is 0.718. The number of hydrogen-bond acceptors (Lipinski definition) is 2. The Bertz CT molecular complexity index is 1040. The SMILES string of the molecule is Cc1[nH]c2ccccc2c1CC(=O)N1CC[C@H](Cc2cccc(C(N)=O)c2)C1. The zero-order valence-electron chi connectivity index (χ0n) is 16.1. The Morgan fingerprint density at radius 1 is 1.18 bits per heavy atom. The van der Waals surface area contributed by atoms with Gasteiger partial charge >= 0.3 is 0 Å². The van der Waals surface area contributed by atoms with E-state index in [1.807, 2.05) is 48.2 Å². The van der Waals surface area contributed by atoms with Gasteiger partial charge in [0, 0.05) is 35.2 Å². The molecule has 5 nitrogen and oxygen atoms in total. The fourth-order valence-corrected chi connectivity index (χ4v) is 4.24. The highest BCUT2D eigenvalue weighted by Crippen LogP contribution is 2.25. The number of amides is 2. The molecule has 28 heavy (non-hydrogen) atoms. The number of nitrogens with two attached hydrogens (primary N) is 1. The number of aromatic nitrogens is 1. The summed E-state index contributed by atoms with van der Waals surface area (Å²) in [5.74, 6) is 0.191. The van der Waals surface area contributed by atoms with Crippen molar-refractivity contribution in [2.45, 2.75) is 26.2 Å². The highest BCUT2D eigenvalue weighted by Gasteiger charge is 2.27. The van der Waals surface area contributed by atoms with Crippen molar-refractivity contribution in [2.75, 3.05) is 13.1 Å². The maximum Gasteiger partial charge on any atom is 0.248 e. The van der Waals surface area contributed by atoms with Crippen LogP contribution in [0.2, 0.25) is 0 Å². The second-order valence-electron chi connectivity index (χ2n) is 7.71. The van der Waals surface area contributed by atoms with E-state index in [1.54, 1.807) is 6.07 Å². The van der Waals surface area contributed by atoms with Crippen LogP contribution in [0.5, 0.6) is 0 Å². The summed E-state index contributed by atoms with van der Waals surface area (Å²) in [5.41, 5.74) is 10.3. The van der Waals surface area contributed by atoms with Gasteiger partial charge < -0.3 is 15.6 Å². The second kappa shape index (κ2) is 7.50. The maximum absolute atomic E-state index is 12.9. The third kappa shape index (κ3) is 3.65. The average Bonchev–Trinajstić information content (AvgIpc) is 3.27. The molecule has 1 atom stereocenters. The molecule has 1 aromatic heterocycles. The van der Waals surface area contributed by atoms with Crippen LogP contribution < -0.4 is 5.73 Å². The summed E-state index contributed by atoms with van der Waals surface area (Å²) in [5, 5.41) is 1.13. The Labute approximate surface area is 164 Å². The Morgan fingerprint density at radius 2 is 2.00 bits per heavy atom. The van der Waals surface area contributed by atoms with Gasteiger partial charge in [-0.15, -0.1) is 0 Å². The number of fused-ring (bicyclic) bond motifs is 1. The Morgan fingerprint density at radius 3 is 2.82 bits per heavy atom. The second-order valence-corrected chi connectivity index (χ2v) is 7.71. The average molecular weight is 375 g/mol. The van der Waals surface area contributed by atoms with Gasteiger partial charge in [-0.25, -0.2) is 0 Å². The number of H-pyrrole nitrogens is 1. The number of carbonyl (C=O) groups excluding carboxylic acids is 2. The minimum absolute atomic E-state index is 0.182. The Hall–Kier alpha value is -3.08. The summed E-state index contributed by atoms with van der Waals surface area (Å²) in [7, 11) is 0. The fourth-order valence-electron chi connectivity index (χ4n) is 4.24. The molecule has 1 aliphatic rings. The van der Waals surface area contributed by atoms with Crippen molar-refractivity contribution in [3.63, 3.8) is 0 Å². The number of benzene rings is 2. The molecule has 144 valence electrons. The third-order valence-corrected chi connectivity index (χ3v) is 5.73. The lowest BCUT2D eigenvalue weighted by molar-refractivity contribution is -0.129. The molecule has 0 saturated carbocycles. The van der Waals surface area contributed by atoms with Crippen molar-refractivity contribution in [3.8, 4) is 0 Å². The van der Waals surface area contributed by atoms with E-state index in [0.29, 0.717) is 17.9 Å². The van der Waals surface area contributed by atoms with Crippen LogP contribution in [0.4, 0.5) is 0 Å². The molecular formula is C23H25N3O2. The van der Waals surface area contributed by atoms with Gasteiger partial charge in [0.1, 0.15) is 0 Å². The van der Waals surface area contributed by atoms with E-state index in [2.05, 4.69) is 11.1 Å². The zero-order valence-corrected chi connectivity index (χ0v) is 16.1. The number of primary amides is 1. The van der Waals surface area contributed by atoms with Gasteiger partial charge in [-0.3, -0.25) is 9.59 Å². The molecular weight excluding hydrogens is 350 g/mol. The first-order valence-electron chi connectivity index (χ1n) is 9.74. The molecule has 0 radical (unpaired) electrons. The predicted molar refractivity (Wildman–Crippen MR) is 110 cm³/mol. The molecule has 3 aromatic rings. The number of aromatic amines is 1. The summed E-state index contributed by atoms with van der Waals surface area (Å²) in [6.45, 7) is 3.59. The minimum atomic E-state index is -0.404. The summed E-state index contributed by atoms with van der Waals surface area (Å²) in [6, 6.07) is 15.6. The van der Waals surface area contributed by atoms with Crippen LogP contribution in [0.25, 0.3) is 10.9 Å². The molecule has 0 spiro atoms. The van der Waals surface area contributed by atoms with Crippen LogP contribution in [0.3, 0.4) is 0 Å². The van der Waals surface area contributed by atoms with E-state index < -0.39 is 5.91 Å². The van der Waals surface area contributed by atoms with Crippen LogP contribution in [0.15, 0.2) is 48.5 Å². The van der Waals surface area contributed by atoms with Gasteiger partial charge in [0.25, 0.3) is 0 Å². The highest BCUT2D eigenvalue weighted by molar-refractivity contribution is 5.93. The van der Waals surface area contributed by atoms with Crippen LogP contribution in [-0.4, -0.2) is 34.8 Å². The summed E-state index contributed by atoms with van der Waals surface area (Å²) >= 11 is 0. The maximum atomic E-state index is 12.9. The van der Waals surface area contributed by atoms with Crippen LogP contribution in [0, 0.1) is 12.8 Å². The van der Waals surface area contributed by atoms with Crippen LogP contribution >= 0.6 is 0 Å². The molecule has 3 N–H and O–H groups in total. The highest BCUT2D eigenvalue weighted by atomic mass is 16.2. The number of hydrogen-bond donors (Lipinski definition) is 2. The van der Waals surface area contributed by atoms with Crippen molar-refractivity contribution in [1.82, 2.24) is 9.88 Å². The lowest BCUT2D eigenvalue weighted by Gasteiger charge is -2.17. The summed E-state index contributed by atoms with van der Waals surface area (Å²) in [6.07, 6.45) is 2.27. The van der Waals surface area contributed by atoms with Crippen molar-refractivity contribution in [2.24, 2.45) is 11.7 Å². The number of carbonyl (C=O) groups is 2. The first kappa shape index (κ1) is 18.3. The van der Waals surface area contributed by atoms with E-state index in [9.17, 15) is 9.59 Å². The van der Waals surface area contributed by atoms with Gasteiger partial charge in [-0.1, -0.05) is 30.3 Å². The fraction of sp³-hybridized carbons (Fsp3) is 0.304. The van der Waals surface area contributed by atoms with Gasteiger partial charge in [0.05, 0.1) is 6.42 Å². The molecule has 0 unspecified atom stereocenters. The molecule has 0 aliphatic carbocycles. The summed E-state index contributed by atoms with van der Waals surface area (Å²) in [4.78, 5) is 29.6. The van der Waals surface area contributed by atoms with Gasteiger partial charge in [0.2, 0.25) is 11.8 Å². The van der Waals surface area contributed by atoms with Gasteiger partial charge in [-0.2, -0.15) is 0 Å². The van der Waals surface area contributed by atoms with Crippen molar-refractivity contribution < 1.29 is 9.59 Å². The number of aryl methyl sites for hydroxylation is 1. The van der Waals surface area contributed by atoms with E-state index in [0.717, 1.165) is 53.7 Å². The number of para-hydroxylation sites is 1. The van der Waals surface area contributed by atoms with Crippen molar-refractivity contribution in [3.05, 3.63) is 70.9 Å². The Balaban J connectivity index is 1.41. The first-order valence-corrected chi connectivity index (χ1v) is 9.74. The third-order valence-electron chi connectivity index (χ3n) is 5.73.